The monoisotopic (exact) mass is 277 g/mol. The van der Waals surface area contributed by atoms with Crippen LogP contribution in [0.25, 0.3) is 0 Å². The Kier molecular flexibility index (Phi) is 4.43. The number of rotatable bonds is 4. The molecule has 3 rings (SSSR count). The van der Waals surface area contributed by atoms with Gasteiger partial charge in [0.2, 0.25) is 0 Å². The van der Waals surface area contributed by atoms with E-state index in [0.717, 1.165) is 37.7 Å². The third-order valence-electron chi connectivity index (χ3n) is 4.02. The van der Waals surface area contributed by atoms with E-state index < -0.39 is 0 Å². The predicted molar refractivity (Wildman–Crippen MR) is 77.4 cm³/mol. The van der Waals surface area contributed by atoms with Crippen LogP contribution in [0.5, 0.6) is 11.5 Å². The van der Waals surface area contributed by atoms with Crippen molar-refractivity contribution < 1.29 is 14.2 Å². The van der Waals surface area contributed by atoms with Gasteiger partial charge in [-0.1, -0.05) is 19.1 Å². The molecule has 0 spiro atoms. The van der Waals surface area contributed by atoms with Gasteiger partial charge in [0, 0.05) is 24.1 Å². The van der Waals surface area contributed by atoms with Gasteiger partial charge in [-0.15, -0.1) is 0 Å². The summed E-state index contributed by atoms with van der Waals surface area (Å²) in [6, 6.07) is 6.46. The molecule has 1 N–H and O–H groups in total. The summed E-state index contributed by atoms with van der Waals surface area (Å²) in [7, 11) is 0. The van der Waals surface area contributed by atoms with Gasteiger partial charge in [-0.3, -0.25) is 0 Å². The average molecular weight is 277 g/mol. The van der Waals surface area contributed by atoms with Gasteiger partial charge in [-0.2, -0.15) is 0 Å². The van der Waals surface area contributed by atoms with Gasteiger partial charge >= 0.3 is 0 Å². The molecule has 2 unspecified atom stereocenters. The maximum Gasteiger partial charge on any atom is 0.166 e. The van der Waals surface area contributed by atoms with Gasteiger partial charge in [0.15, 0.2) is 11.5 Å². The van der Waals surface area contributed by atoms with Crippen LogP contribution in [0.1, 0.15) is 31.4 Å². The molecule has 0 bridgehead atoms. The lowest BCUT2D eigenvalue weighted by atomic mass is 9.88. The van der Waals surface area contributed by atoms with E-state index in [-0.39, 0.29) is 6.04 Å². The number of para-hydroxylation sites is 1. The zero-order chi connectivity index (χ0) is 13.8. The summed E-state index contributed by atoms with van der Waals surface area (Å²) >= 11 is 0. The van der Waals surface area contributed by atoms with Crippen LogP contribution >= 0.6 is 0 Å². The Morgan fingerprint density at radius 3 is 2.95 bits per heavy atom. The molecule has 4 nitrogen and oxygen atoms in total. The van der Waals surface area contributed by atoms with Crippen molar-refractivity contribution in [3.63, 3.8) is 0 Å². The zero-order valence-electron chi connectivity index (χ0n) is 12.1. The number of fused-ring (bicyclic) bond motifs is 1. The lowest BCUT2D eigenvalue weighted by Crippen LogP contribution is -2.34. The number of nitrogens with one attached hydrogen (secondary N) is 1. The highest BCUT2D eigenvalue weighted by Gasteiger charge is 2.29. The molecular formula is C16H23NO3. The average Bonchev–Trinajstić information content (AvgIpc) is 2.53. The van der Waals surface area contributed by atoms with Gasteiger partial charge in [0.25, 0.3) is 0 Å². The Morgan fingerprint density at radius 2 is 2.15 bits per heavy atom. The molecule has 0 aromatic heterocycles. The topological polar surface area (TPSA) is 39.7 Å². The van der Waals surface area contributed by atoms with Crippen LogP contribution in [0.2, 0.25) is 0 Å². The second kappa shape index (κ2) is 6.46. The van der Waals surface area contributed by atoms with Crippen molar-refractivity contribution in [3.8, 4) is 11.5 Å². The summed E-state index contributed by atoms with van der Waals surface area (Å²) in [5.74, 6) is 2.28. The summed E-state index contributed by atoms with van der Waals surface area (Å²) in [5, 5.41) is 3.60. The lowest BCUT2D eigenvalue weighted by molar-refractivity contribution is 0.0384. The molecule has 1 fully saturated rings. The minimum Gasteiger partial charge on any atom is -0.486 e. The summed E-state index contributed by atoms with van der Waals surface area (Å²) in [6.45, 7) is 6.05. The predicted octanol–water partition coefficient (Wildman–Crippen LogP) is 2.54. The fourth-order valence-corrected chi connectivity index (χ4v) is 3.12. The van der Waals surface area contributed by atoms with E-state index in [1.54, 1.807) is 0 Å². The Balaban J connectivity index is 1.90. The second-order valence-corrected chi connectivity index (χ2v) is 5.38. The van der Waals surface area contributed by atoms with E-state index >= 15 is 0 Å². The molecule has 0 radical (unpaired) electrons. The molecule has 0 amide bonds. The van der Waals surface area contributed by atoms with Crippen molar-refractivity contribution in [2.24, 2.45) is 5.92 Å². The second-order valence-electron chi connectivity index (χ2n) is 5.38. The molecule has 2 aliphatic rings. The number of hydrogen-bond acceptors (Lipinski definition) is 4. The summed E-state index contributed by atoms with van der Waals surface area (Å²) in [4.78, 5) is 0. The van der Waals surface area contributed by atoms with E-state index in [1.807, 2.05) is 6.07 Å². The van der Waals surface area contributed by atoms with E-state index in [9.17, 15) is 0 Å². The van der Waals surface area contributed by atoms with Crippen molar-refractivity contribution in [2.75, 3.05) is 33.0 Å². The largest absolute Gasteiger partial charge is 0.486 e. The maximum absolute atomic E-state index is 5.87. The van der Waals surface area contributed by atoms with Gasteiger partial charge in [-0.25, -0.2) is 0 Å². The standard InChI is InChI=1S/C16H23NO3/c1-2-17-15(12-5-4-8-18-11-12)13-6-3-7-14-16(13)20-10-9-19-14/h3,6-7,12,15,17H,2,4-5,8-11H2,1H3. The molecule has 2 atom stereocenters. The molecule has 1 aromatic rings. The molecule has 20 heavy (non-hydrogen) atoms. The first kappa shape index (κ1) is 13.7. The first-order chi connectivity index (χ1) is 9.90. The van der Waals surface area contributed by atoms with E-state index in [0.29, 0.717) is 19.1 Å². The van der Waals surface area contributed by atoms with Crippen molar-refractivity contribution in [2.45, 2.75) is 25.8 Å². The van der Waals surface area contributed by atoms with E-state index in [4.69, 9.17) is 14.2 Å². The van der Waals surface area contributed by atoms with E-state index in [1.165, 1.54) is 12.0 Å². The lowest BCUT2D eigenvalue weighted by Gasteiger charge is -2.33. The van der Waals surface area contributed by atoms with Crippen LogP contribution < -0.4 is 14.8 Å². The van der Waals surface area contributed by atoms with Crippen molar-refractivity contribution in [1.29, 1.82) is 0 Å². The van der Waals surface area contributed by atoms with Crippen LogP contribution in [0.15, 0.2) is 18.2 Å². The normalized spacial score (nSPS) is 23.4. The molecular weight excluding hydrogens is 254 g/mol. The fraction of sp³-hybridized carbons (Fsp3) is 0.625. The van der Waals surface area contributed by atoms with Crippen LogP contribution in [0, 0.1) is 5.92 Å². The van der Waals surface area contributed by atoms with Crippen molar-refractivity contribution in [3.05, 3.63) is 23.8 Å². The van der Waals surface area contributed by atoms with Crippen molar-refractivity contribution in [1.82, 2.24) is 5.32 Å². The first-order valence-corrected chi connectivity index (χ1v) is 7.59. The summed E-state index contributed by atoms with van der Waals surface area (Å²) in [6.07, 6.45) is 2.33. The third-order valence-corrected chi connectivity index (χ3v) is 4.02. The maximum atomic E-state index is 5.87. The molecule has 110 valence electrons. The van der Waals surface area contributed by atoms with Gasteiger partial charge in [-0.05, 0) is 25.5 Å². The minimum atomic E-state index is 0.275. The molecule has 1 aromatic carbocycles. The first-order valence-electron chi connectivity index (χ1n) is 7.59. The highest BCUT2D eigenvalue weighted by Crippen LogP contribution is 2.40. The summed E-state index contributed by atoms with van der Waals surface area (Å²) in [5.41, 5.74) is 1.21. The quantitative estimate of drug-likeness (QED) is 0.918. The fourth-order valence-electron chi connectivity index (χ4n) is 3.12. The Morgan fingerprint density at radius 1 is 1.25 bits per heavy atom. The van der Waals surface area contributed by atoms with Crippen LogP contribution in [0.3, 0.4) is 0 Å². The van der Waals surface area contributed by atoms with E-state index in [2.05, 4.69) is 24.4 Å². The Labute approximate surface area is 120 Å². The molecule has 2 heterocycles. The highest BCUT2D eigenvalue weighted by molar-refractivity contribution is 5.49. The van der Waals surface area contributed by atoms with Gasteiger partial charge < -0.3 is 19.5 Å². The Bertz CT molecular complexity index is 443. The minimum absolute atomic E-state index is 0.275. The molecule has 1 saturated heterocycles. The molecule has 4 heteroatoms. The molecule has 0 saturated carbocycles. The third kappa shape index (κ3) is 2.76. The molecule has 0 aliphatic carbocycles. The van der Waals surface area contributed by atoms with Crippen molar-refractivity contribution >= 4 is 0 Å². The number of ether oxygens (including phenoxy) is 3. The molecule has 2 aliphatic heterocycles. The SMILES string of the molecule is CCNC(c1cccc2c1OCCO2)C1CCCOC1. The smallest absolute Gasteiger partial charge is 0.166 e. The summed E-state index contributed by atoms with van der Waals surface area (Å²) < 4.78 is 17.2. The number of benzene rings is 1. The number of hydrogen-bond donors (Lipinski definition) is 1. The zero-order valence-corrected chi connectivity index (χ0v) is 12.1. The Hall–Kier alpha value is -1.26. The van der Waals surface area contributed by atoms with Gasteiger partial charge in [0.1, 0.15) is 13.2 Å². The van der Waals surface area contributed by atoms with Crippen LogP contribution in [0.4, 0.5) is 0 Å². The van der Waals surface area contributed by atoms with Crippen LogP contribution in [-0.4, -0.2) is 33.0 Å². The van der Waals surface area contributed by atoms with Gasteiger partial charge in [0.05, 0.1) is 6.61 Å². The van der Waals surface area contributed by atoms with Crippen LogP contribution in [-0.2, 0) is 4.74 Å². The highest BCUT2D eigenvalue weighted by atomic mass is 16.6.